The molecule has 1 amide bonds. The van der Waals surface area contributed by atoms with Gasteiger partial charge in [-0.15, -0.1) is 0 Å². The van der Waals surface area contributed by atoms with Crippen molar-refractivity contribution in [2.75, 3.05) is 5.32 Å². The molecule has 0 saturated heterocycles. The number of halogens is 3. The lowest BCUT2D eigenvalue weighted by Gasteiger charge is -2.14. The second kappa shape index (κ2) is 7.68. The van der Waals surface area contributed by atoms with Gasteiger partial charge >= 0.3 is 5.97 Å². The minimum atomic E-state index is -0.990. The van der Waals surface area contributed by atoms with E-state index in [0.717, 1.165) is 0 Å². The van der Waals surface area contributed by atoms with Crippen LogP contribution in [0.2, 0.25) is 15.1 Å². The van der Waals surface area contributed by atoms with Gasteiger partial charge < -0.3 is 10.1 Å². The van der Waals surface area contributed by atoms with E-state index in [-0.39, 0.29) is 0 Å². The predicted octanol–water partition coefficient (Wildman–Crippen LogP) is 4.83. The third-order valence-corrected chi connectivity index (χ3v) is 3.55. The Morgan fingerprint density at radius 3 is 2.09 bits per heavy atom. The first kappa shape index (κ1) is 17.6. The highest BCUT2D eigenvalue weighted by atomic mass is 35.5. The number of anilines is 1. The van der Waals surface area contributed by atoms with Crippen LogP contribution in [0.15, 0.2) is 42.5 Å². The van der Waals surface area contributed by atoms with Gasteiger partial charge in [0.15, 0.2) is 6.10 Å². The fraction of sp³-hybridized carbons (Fsp3) is 0.125. The van der Waals surface area contributed by atoms with E-state index >= 15 is 0 Å². The van der Waals surface area contributed by atoms with E-state index < -0.39 is 18.0 Å². The summed E-state index contributed by atoms with van der Waals surface area (Å²) in [5.41, 5.74) is 0.724. The van der Waals surface area contributed by atoms with E-state index in [1.165, 1.54) is 19.1 Å². The first-order valence-electron chi connectivity index (χ1n) is 6.58. The van der Waals surface area contributed by atoms with E-state index in [4.69, 9.17) is 39.5 Å². The van der Waals surface area contributed by atoms with Crippen molar-refractivity contribution in [3.8, 4) is 0 Å². The summed E-state index contributed by atoms with van der Waals surface area (Å²) in [6.07, 6.45) is -0.990. The highest BCUT2D eigenvalue weighted by Crippen LogP contribution is 2.22. The van der Waals surface area contributed by atoms with Crippen molar-refractivity contribution in [3.05, 3.63) is 63.1 Å². The smallest absolute Gasteiger partial charge is 0.338 e. The molecule has 0 fully saturated rings. The van der Waals surface area contributed by atoms with Crippen LogP contribution in [0.5, 0.6) is 0 Å². The lowest BCUT2D eigenvalue weighted by Crippen LogP contribution is -2.30. The Morgan fingerprint density at radius 1 is 0.957 bits per heavy atom. The van der Waals surface area contributed by atoms with Gasteiger partial charge in [-0.25, -0.2) is 4.79 Å². The van der Waals surface area contributed by atoms with Crippen LogP contribution < -0.4 is 5.32 Å². The minimum Gasteiger partial charge on any atom is -0.449 e. The summed E-state index contributed by atoms with van der Waals surface area (Å²) in [6, 6.07) is 10.8. The van der Waals surface area contributed by atoms with E-state index in [1.807, 2.05) is 0 Å². The van der Waals surface area contributed by atoms with Crippen LogP contribution in [0.25, 0.3) is 0 Å². The number of nitrogens with one attached hydrogen (secondary N) is 1. The molecule has 0 saturated carbocycles. The van der Waals surface area contributed by atoms with E-state index in [0.29, 0.717) is 26.3 Å². The Labute approximate surface area is 148 Å². The van der Waals surface area contributed by atoms with Gasteiger partial charge in [0.1, 0.15) is 0 Å². The van der Waals surface area contributed by atoms with Gasteiger partial charge in [-0.3, -0.25) is 4.79 Å². The van der Waals surface area contributed by atoms with Crippen molar-refractivity contribution in [3.63, 3.8) is 0 Å². The van der Waals surface area contributed by atoms with E-state index in [9.17, 15) is 9.59 Å². The SMILES string of the molecule is C[C@@H](OC(=O)c1ccc(Cl)cc1)C(=O)Nc1cc(Cl)cc(Cl)c1. The second-order valence-corrected chi connectivity index (χ2v) is 6.01. The molecule has 2 rings (SSSR count). The monoisotopic (exact) mass is 371 g/mol. The third kappa shape index (κ3) is 5.13. The zero-order chi connectivity index (χ0) is 17.0. The molecule has 0 bridgehead atoms. The van der Waals surface area contributed by atoms with Crippen LogP contribution in [-0.2, 0) is 9.53 Å². The zero-order valence-electron chi connectivity index (χ0n) is 12.0. The molecule has 0 spiro atoms. The molecular weight excluding hydrogens is 361 g/mol. The number of rotatable bonds is 4. The highest BCUT2D eigenvalue weighted by molar-refractivity contribution is 6.35. The standard InChI is InChI=1S/C16H12Cl3NO3/c1-9(23-16(22)10-2-4-11(17)5-3-10)15(21)20-14-7-12(18)6-13(19)8-14/h2-9H,1H3,(H,20,21)/t9-/m1/s1. The van der Waals surface area contributed by atoms with Crippen LogP contribution in [0.1, 0.15) is 17.3 Å². The largest absolute Gasteiger partial charge is 0.449 e. The fourth-order valence-electron chi connectivity index (χ4n) is 1.74. The fourth-order valence-corrected chi connectivity index (χ4v) is 2.39. The minimum absolute atomic E-state index is 0.305. The number of esters is 1. The molecule has 2 aromatic rings. The molecular formula is C16H12Cl3NO3. The number of ether oxygens (including phenoxy) is 1. The number of carbonyl (C=O) groups excluding carboxylic acids is 2. The molecule has 1 atom stereocenters. The van der Waals surface area contributed by atoms with Gasteiger partial charge in [0.05, 0.1) is 5.56 Å². The summed E-state index contributed by atoms with van der Waals surface area (Å²) in [5.74, 6) is -1.11. The van der Waals surface area contributed by atoms with Gasteiger partial charge in [0.25, 0.3) is 5.91 Å². The van der Waals surface area contributed by atoms with Crippen LogP contribution in [-0.4, -0.2) is 18.0 Å². The lowest BCUT2D eigenvalue weighted by atomic mass is 10.2. The number of hydrogen-bond acceptors (Lipinski definition) is 3. The maximum absolute atomic E-state index is 12.1. The Bertz CT molecular complexity index is 712. The summed E-state index contributed by atoms with van der Waals surface area (Å²) < 4.78 is 5.11. The van der Waals surface area contributed by atoms with E-state index in [1.54, 1.807) is 30.3 Å². The topological polar surface area (TPSA) is 55.4 Å². The van der Waals surface area contributed by atoms with Crippen molar-refractivity contribution in [2.24, 2.45) is 0 Å². The first-order chi connectivity index (χ1) is 10.8. The van der Waals surface area contributed by atoms with Crippen LogP contribution >= 0.6 is 34.8 Å². The molecule has 0 aliphatic rings. The van der Waals surface area contributed by atoms with Gasteiger partial charge in [0, 0.05) is 20.8 Å². The molecule has 0 heterocycles. The summed E-state index contributed by atoms with van der Waals surface area (Å²) in [6.45, 7) is 1.47. The third-order valence-electron chi connectivity index (χ3n) is 2.86. The van der Waals surface area contributed by atoms with E-state index in [2.05, 4.69) is 5.32 Å². The quantitative estimate of drug-likeness (QED) is 0.782. The Balaban J connectivity index is 1.99. The average Bonchev–Trinajstić information content (AvgIpc) is 2.46. The first-order valence-corrected chi connectivity index (χ1v) is 7.72. The predicted molar refractivity (Wildman–Crippen MR) is 91.4 cm³/mol. The van der Waals surface area contributed by atoms with Gasteiger partial charge in [0.2, 0.25) is 0 Å². The van der Waals surface area contributed by atoms with Crippen molar-refractivity contribution in [2.45, 2.75) is 13.0 Å². The molecule has 0 aliphatic carbocycles. The van der Waals surface area contributed by atoms with Gasteiger partial charge in [-0.2, -0.15) is 0 Å². The van der Waals surface area contributed by atoms with Crippen molar-refractivity contribution >= 4 is 52.4 Å². The van der Waals surface area contributed by atoms with Gasteiger partial charge in [-0.1, -0.05) is 34.8 Å². The Hall–Kier alpha value is -1.75. The van der Waals surface area contributed by atoms with Gasteiger partial charge in [-0.05, 0) is 49.4 Å². The zero-order valence-corrected chi connectivity index (χ0v) is 14.2. The maximum Gasteiger partial charge on any atom is 0.338 e. The molecule has 0 aliphatic heterocycles. The summed E-state index contributed by atoms with van der Waals surface area (Å²) in [5, 5.41) is 3.86. The Kier molecular flexibility index (Phi) is 5.88. The summed E-state index contributed by atoms with van der Waals surface area (Å²) in [4.78, 5) is 24.0. The van der Waals surface area contributed by atoms with Crippen LogP contribution in [0.3, 0.4) is 0 Å². The molecule has 4 nitrogen and oxygen atoms in total. The number of hydrogen-bond donors (Lipinski definition) is 1. The summed E-state index contributed by atoms with van der Waals surface area (Å²) >= 11 is 17.5. The van der Waals surface area contributed by atoms with Crippen LogP contribution in [0, 0.1) is 0 Å². The number of amides is 1. The molecule has 0 radical (unpaired) electrons. The van der Waals surface area contributed by atoms with Crippen molar-refractivity contribution in [1.82, 2.24) is 0 Å². The van der Waals surface area contributed by atoms with Crippen LogP contribution in [0.4, 0.5) is 5.69 Å². The normalized spacial score (nSPS) is 11.7. The number of benzene rings is 2. The Morgan fingerprint density at radius 2 is 1.52 bits per heavy atom. The average molecular weight is 373 g/mol. The lowest BCUT2D eigenvalue weighted by molar-refractivity contribution is -0.123. The maximum atomic E-state index is 12.1. The second-order valence-electron chi connectivity index (χ2n) is 4.70. The molecule has 0 aromatic heterocycles. The molecule has 23 heavy (non-hydrogen) atoms. The van der Waals surface area contributed by atoms with Crippen molar-refractivity contribution in [1.29, 1.82) is 0 Å². The number of carbonyl (C=O) groups is 2. The molecule has 120 valence electrons. The molecule has 2 aromatic carbocycles. The summed E-state index contributed by atoms with van der Waals surface area (Å²) in [7, 11) is 0. The highest BCUT2D eigenvalue weighted by Gasteiger charge is 2.19. The molecule has 1 N–H and O–H groups in total. The molecule has 7 heteroatoms. The van der Waals surface area contributed by atoms with Crippen molar-refractivity contribution < 1.29 is 14.3 Å². The molecule has 0 unspecified atom stereocenters.